The highest BCUT2D eigenvalue weighted by Crippen LogP contribution is 2.55. The summed E-state index contributed by atoms with van der Waals surface area (Å²) in [6, 6.07) is 17.1. The van der Waals surface area contributed by atoms with E-state index in [2.05, 4.69) is 15.5 Å². The van der Waals surface area contributed by atoms with Gasteiger partial charge < -0.3 is 10.6 Å². The van der Waals surface area contributed by atoms with Crippen molar-refractivity contribution in [2.45, 2.75) is 25.3 Å². The van der Waals surface area contributed by atoms with E-state index in [1.54, 1.807) is 12.1 Å². The van der Waals surface area contributed by atoms with Gasteiger partial charge in [-0.1, -0.05) is 30.3 Å². The molecule has 2 aliphatic carbocycles. The van der Waals surface area contributed by atoms with Crippen LogP contribution in [0.3, 0.4) is 0 Å². The van der Waals surface area contributed by atoms with Gasteiger partial charge in [0.2, 0.25) is 5.91 Å². The molecule has 2 aromatic carbocycles. The highest BCUT2D eigenvalue weighted by Gasteiger charge is 2.56. The van der Waals surface area contributed by atoms with Crippen molar-refractivity contribution in [3.63, 3.8) is 0 Å². The number of hydrogen-bond donors (Lipinski definition) is 2. The Balaban J connectivity index is 1.23. The van der Waals surface area contributed by atoms with Gasteiger partial charge in [-0.05, 0) is 61.3 Å². The molecule has 0 radical (unpaired) electrons. The van der Waals surface area contributed by atoms with Crippen LogP contribution < -0.4 is 10.6 Å². The Morgan fingerprint density at radius 3 is 2.50 bits per heavy atom. The van der Waals surface area contributed by atoms with Crippen molar-refractivity contribution in [3.05, 3.63) is 60.2 Å². The van der Waals surface area contributed by atoms with E-state index < -0.39 is 0 Å². The van der Waals surface area contributed by atoms with E-state index in [0.29, 0.717) is 23.8 Å². The topological polar surface area (TPSA) is 61.4 Å². The molecule has 2 saturated carbocycles. The van der Waals surface area contributed by atoms with Crippen LogP contribution in [0.1, 0.15) is 29.6 Å². The lowest BCUT2D eigenvalue weighted by molar-refractivity contribution is -0.122. The summed E-state index contributed by atoms with van der Waals surface area (Å²) in [5, 5.41) is 5.84. The van der Waals surface area contributed by atoms with Gasteiger partial charge in [0, 0.05) is 18.3 Å². The standard InChI is InChI=1S/C23H25N3O2/c27-21(14-26-13-19-15-10-11-16(12-15)22(19)26)25-20-9-5-4-8-18(20)23(28)24-17-6-2-1-3-7-17/h1-9,15-16,19,22H,10-14H2,(H,24,28)(H,25,27)/t15-,16-,19+,22+/m0/s1. The minimum atomic E-state index is -0.223. The molecule has 3 fully saturated rings. The molecule has 1 aliphatic heterocycles. The molecule has 0 unspecified atom stereocenters. The maximum absolute atomic E-state index is 12.7. The number of rotatable bonds is 5. The fraction of sp³-hybridized carbons (Fsp3) is 0.391. The highest BCUT2D eigenvalue weighted by atomic mass is 16.2. The van der Waals surface area contributed by atoms with Crippen molar-refractivity contribution in [2.75, 3.05) is 23.7 Å². The number of amides is 2. The predicted molar refractivity (Wildman–Crippen MR) is 109 cm³/mol. The number of fused-ring (bicyclic) bond motifs is 5. The summed E-state index contributed by atoms with van der Waals surface area (Å²) in [5.41, 5.74) is 1.77. The van der Waals surface area contributed by atoms with Crippen molar-refractivity contribution < 1.29 is 9.59 Å². The van der Waals surface area contributed by atoms with Crippen molar-refractivity contribution in [2.24, 2.45) is 17.8 Å². The molecular formula is C23H25N3O2. The van der Waals surface area contributed by atoms with Crippen LogP contribution in [0, 0.1) is 17.8 Å². The number of likely N-dealkylation sites (tertiary alicyclic amines) is 1. The minimum absolute atomic E-state index is 0.0406. The second kappa shape index (κ2) is 7.06. The molecule has 28 heavy (non-hydrogen) atoms. The number of benzene rings is 2. The van der Waals surface area contributed by atoms with Crippen LogP contribution in [0.2, 0.25) is 0 Å². The molecule has 2 aromatic rings. The van der Waals surface area contributed by atoms with Crippen LogP contribution in [0.15, 0.2) is 54.6 Å². The summed E-state index contributed by atoms with van der Waals surface area (Å²) in [6.07, 6.45) is 4.07. The van der Waals surface area contributed by atoms with E-state index >= 15 is 0 Å². The molecular weight excluding hydrogens is 350 g/mol. The average molecular weight is 375 g/mol. The van der Waals surface area contributed by atoms with Crippen molar-refractivity contribution in [3.8, 4) is 0 Å². The number of hydrogen-bond acceptors (Lipinski definition) is 3. The summed E-state index contributed by atoms with van der Waals surface area (Å²) < 4.78 is 0. The van der Waals surface area contributed by atoms with Crippen molar-refractivity contribution >= 4 is 23.2 Å². The first-order valence-corrected chi connectivity index (χ1v) is 10.2. The Morgan fingerprint density at radius 2 is 1.68 bits per heavy atom. The Bertz CT molecular complexity index is 896. The summed E-state index contributed by atoms with van der Waals surface area (Å²) in [6.45, 7) is 1.47. The van der Waals surface area contributed by atoms with E-state index in [9.17, 15) is 9.59 Å². The first-order valence-electron chi connectivity index (χ1n) is 10.2. The van der Waals surface area contributed by atoms with Gasteiger partial charge in [-0.25, -0.2) is 0 Å². The molecule has 5 heteroatoms. The third-order valence-corrected chi connectivity index (χ3v) is 6.73. The molecule has 5 rings (SSSR count). The Hall–Kier alpha value is -2.66. The Kier molecular flexibility index (Phi) is 4.40. The number of nitrogens with one attached hydrogen (secondary N) is 2. The van der Waals surface area contributed by atoms with Crippen LogP contribution in [0.5, 0.6) is 0 Å². The van der Waals surface area contributed by atoms with Crippen molar-refractivity contribution in [1.29, 1.82) is 0 Å². The summed E-state index contributed by atoms with van der Waals surface area (Å²) >= 11 is 0. The summed E-state index contributed by atoms with van der Waals surface area (Å²) in [7, 11) is 0. The minimum Gasteiger partial charge on any atom is -0.324 e. The largest absolute Gasteiger partial charge is 0.324 e. The zero-order valence-electron chi connectivity index (χ0n) is 15.8. The molecule has 1 heterocycles. The number of para-hydroxylation sites is 2. The lowest BCUT2D eigenvalue weighted by Gasteiger charge is -2.50. The molecule has 5 nitrogen and oxygen atoms in total. The smallest absolute Gasteiger partial charge is 0.257 e. The van der Waals surface area contributed by atoms with Crippen LogP contribution in [-0.2, 0) is 4.79 Å². The van der Waals surface area contributed by atoms with Crippen LogP contribution in [0.25, 0.3) is 0 Å². The molecule has 0 spiro atoms. The molecule has 144 valence electrons. The first kappa shape index (κ1) is 17.4. The third-order valence-electron chi connectivity index (χ3n) is 6.73. The van der Waals surface area contributed by atoms with E-state index in [1.165, 1.54) is 19.3 Å². The van der Waals surface area contributed by atoms with Crippen LogP contribution in [0.4, 0.5) is 11.4 Å². The maximum Gasteiger partial charge on any atom is 0.257 e. The van der Waals surface area contributed by atoms with Gasteiger partial charge in [-0.15, -0.1) is 0 Å². The lowest BCUT2D eigenvalue weighted by Crippen LogP contribution is -2.60. The number of carbonyl (C=O) groups is 2. The van der Waals surface area contributed by atoms with E-state index in [4.69, 9.17) is 0 Å². The first-order chi connectivity index (χ1) is 13.7. The van der Waals surface area contributed by atoms with E-state index in [1.807, 2.05) is 42.5 Å². The zero-order valence-corrected chi connectivity index (χ0v) is 15.8. The number of carbonyl (C=O) groups excluding carboxylic acids is 2. The van der Waals surface area contributed by atoms with E-state index in [0.717, 1.165) is 30.0 Å². The van der Waals surface area contributed by atoms with Gasteiger partial charge in [0.1, 0.15) is 0 Å². The monoisotopic (exact) mass is 375 g/mol. The lowest BCUT2D eigenvalue weighted by atomic mass is 9.77. The van der Waals surface area contributed by atoms with Gasteiger partial charge in [0.05, 0.1) is 17.8 Å². The number of anilines is 2. The molecule has 3 aliphatic rings. The molecule has 0 aromatic heterocycles. The van der Waals surface area contributed by atoms with Crippen molar-refractivity contribution in [1.82, 2.24) is 4.90 Å². The van der Waals surface area contributed by atoms with E-state index in [-0.39, 0.29) is 11.8 Å². The van der Waals surface area contributed by atoms with Crippen LogP contribution in [-0.4, -0.2) is 35.8 Å². The van der Waals surface area contributed by atoms with Crippen LogP contribution >= 0.6 is 0 Å². The van der Waals surface area contributed by atoms with Gasteiger partial charge >= 0.3 is 0 Å². The van der Waals surface area contributed by atoms with Gasteiger partial charge in [-0.3, -0.25) is 14.5 Å². The summed E-state index contributed by atoms with van der Waals surface area (Å²) in [5.74, 6) is 2.24. The highest BCUT2D eigenvalue weighted by molar-refractivity contribution is 6.10. The molecule has 1 saturated heterocycles. The number of nitrogens with zero attached hydrogens (tertiary/aromatic N) is 1. The van der Waals surface area contributed by atoms with Gasteiger partial charge in [0.15, 0.2) is 0 Å². The predicted octanol–water partition coefficient (Wildman–Crippen LogP) is 3.61. The molecule has 2 amide bonds. The maximum atomic E-state index is 12.7. The fourth-order valence-electron chi connectivity index (χ4n) is 5.51. The average Bonchev–Trinajstić information content (AvgIpc) is 3.24. The Labute approximate surface area is 165 Å². The van der Waals surface area contributed by atoms with Gasteiger partial charge in [0.25, 0.3) is 5.91 Å². The quantitative estimate of drug-likeness (QED) is 0.839. The second-order valence-corrected chi connectivity index (χ2v) is 8.33. The van der Waals surface area contributed by atoms with Gasteiger partial charge in [-0.2, -0.15) is 0 Å². The SMILES string of the molecule is O=C(CN1C[C@@H]2[C@H]3CC[C@@H](C3)[C@H]21)Nc1ccccc1C(=O)Nc1ccccc1. The molecule has 4 atom stereocenters. The fourth-order valence-corrected chi connectivity index (χ4v) is 5.51. The molecule has 2 bridgehead atoms. The molecule has 2 N–H and O–H groups in total. The summed E-state index contributed by atoms with van der Waals surface area (Å²) in [4.78, 5) is 27.7. The second-order valence-electron chi connectivity index (χ2n) is 8.33. The normalized spacial score (nSPS) is 27.7. The third kappa shape index (κ3) is 3.10. The Morgan fingerprint density at radius 1 is 0.929 bits per heavy atom. The zero-order chi connectivity index (χ0) is 19.1.